The summed E-state index contributed by atoms with van der Waals surface area (Å²) in [6.07, 6.45) is 2.71. The second kappa shape index (κ2) is 9.68. The fourth-order valence-electron chi connectivity index (χ4n) is 1.95. The van der Waals surface area contributed by atoms with E-state index in [2.05, 4.69) is 20.7 Å². The highest BCUT2D eigenvalue weighted by molar-refractivity contribution is 14.0. The molecule has 2 N–H and O–H groups in total. The molecule has 22 heavy (non-hydrogen) atoms. The van der Waals surface area contributed by atoms with Crippen LogP contribution in [0.25, 0.3) is 0 Å². The number of nitrogens with zero attached hydrogens (tertiary/aromatic N) is 3. The van der Waals surface area contributed by atoms with Crippen LogP contribution >= 0.6 is 35.6 Å². The van der Waals surface area contributed by atoms with Crippen molar-refractivity contribution < 1.29 is 0 Å². The lowest BCUT2D eigenvalue weighted by atomic mass is 10.1. The van der Waals surface area contributed by atoms with Gasteiger partial charge in [-0.25, -0.2) is 0 Å². The third-order valence-corrected chi connectivity index (χ3v) is 3.45. The summed E-state index contributed by atoms with van der Waals surface area (Å²) in [6.45, 7) is 1.50. The molecule has 0 atom stereocenters. The first-order valence-electron chi connectivity index (χ1n) is 6.85. The second-order valence-electron chi connectivity index (χ2n) is 4.68. The Labute approximate surface area is 153 Å². The number of aromatic nitrogens is 2. The number of halogens is 2. The highest BCUT2D eigenvalue weighted by Gasteiger charge is 2.01. The van der Waals surface area contributed by atoms with Crippen LogP contribution in [0.15, 0.2) is 41.5 Å². The van der Waals surface area contributed by atoms with Crippen molar-refractivity contribution >= 4 is 41.5 Å². The largest absolute Gasteiger partial charge is 0.356 e. The third kappa shape index (κ3) is 5.84. The van der Waals surface area contributed by atoms with Crippen molar-refractivity contribution in [1.82, 2.24) is 20.4 Å². The smallest absolute Gasteiger partial charge is 0.191 e. The van der Waals surface area contributed by atoms with Gasteiger partial charge in [0.05, 0.1) is 12.2 Å². The summed E-state index contributed by atoms with van der Waals surface area (Å²) < 4.78 is 1.84. The Morgan fingerprint density at radius 3 is 2.55 bits per heavy atom. The van der Waals surface area contributed by atoms with Gasteiger partial charge in [0.15, 0.2) is 5.96 Å². The minimum Gasteiger partial charge on any atom is -0.356 e. The summed E-state index contributed by atoms with van der Waals surface area (Å²) in [5, 5.41) is 11.5. The van der Waals surface area contributed by atoms with E-state index in [4.69, 9.17) is 11.6 Å². The molecule has 2 rings (SSSR count). The Bertz CT molecular complexity index is 594. The lowest BCUT2D eigenvalue weighted by Gasteiger charge is -2.12. The molecular weight excluding hydrogens is 413 g/mol. The zero-order valence-electron chi connectivity index (χ0n) is 12.7. The highest BCUT2D eigenvalue weighted by atomic mass is 127. The molecule has 2 aromatic rings. The summed E-state index contributed by atoms with van der Waals surface area (Å²) in [7, 11) is 3.69. The van der Waals surface area contributed by atoms with Crippen LogP contribution in [0.5, 0.6) is 0 Å². The fourth-order valence-corrected chi connectivity index (χ4v) is 2.07. The Morgan fingerprint density at radius 2 is 1.95 bits per heavy atom. The second-order valence-corrected chi connectivity index (χ2v) is 5.11. The number of benzene rings is 1. The maximum absolute atomic E-state index is 5.87. The Hall–Kier alpha value is -1.28. The van der Waals surface area contributed by atoms with Crippen molar-refractivity contribution in [3.63, 3.8) is 0 Å². The SMILES string of the molecule is CN=C(NCCc1ccc(Cl)cc1)NCc1ccnn1C.I. The van der Waals surface area contributed by atoms with E-state index in [0.717, 1.165) is 29.6 Å². The molecule has 0 aliphatic rings. The molecule has 1 aromatic carbocycles. The van der Waals surface area contributed by atoms with Gasteiger partial charge < -0.3 is 10.6 Å². The summed E-state index contributed by atoms with van der Waals surface area (Å²) in [5.74, 6) is 0.783. The van der Waals surface area contributed by atoms with Crippen molar-refractivity contribution in [3.8, 4) is 0 Å². The van der Waals surface area contributed by atoms with Crippen LogP contribution in [0, 0.1) is 0 Å². The van der Waals surface area contributed by atoms with E-state index in [0.29, 0.717) is 6.54 Å². The Morgan fingerprint density at radius 1 is 1.23 bits per heavy atom. The third-order valence-electron chi connectivity index (χ3n) is 3.20. The standard InChI is InChI=1S/C15H20ClN5.HI/c1-17-15(19-11-14-8-10-20-21(14)2)18-9-7-12-3-5-13(16)6-4-12;/h3-6,8,10H,7,9,11H2,1-2H3,(H2,17,18,19);1H. The number of nitrogens with one attached hydrogen (secondary N) is 2. The fraction of sp³-hybridized carbons (Fsp3) is 0.333. The summed E-state index contributed by atoms with van der Waals surface area (Å²) in [6, 6.07) is 9.87. The minimum absolute atomic E-state index is 0. The van der Waals surface area contributed by atoms with Crippen LogP contribution in [0.2, 0.25) is 5.02 Å². The molecule has 0 radical (unpaired) electrons. The van der Waals surface area contributed by atoms with Crippen molar-refractivity contribution in [2.45, 2.75) is 13.0 Å². The maximum atomic E-state index is 5.87. The summed E-state index contributed by atoms with van der Waals surface area (Å²) in [5.41, 5.74) is 2.35. The molecule has 0 aliphatic carbocycles. The van der Waals surface area contributed by atoms with E-state index in [-0.39, 0.29) is 24.0 Å². The number of aryl methyl sites for hydroxylation is 1. The van der Waals surface area contributed by atoms with Crippen LogP contribution in [0.4, 0.5) is 0 Å². The number of guanidine groups is 1. The first-order chi connectivity index (χ1) is 10.2. The van der Waals surface area contributed by atoms with Gasteiger partial charge in [0.1, 0.15) is 0 Å². The van der Waals surface area contributed by atoms with Gasteiger partial charge in [-0.3, -0.25) is 9.67 Å². The van der Waals surface area contributed by atoms with E-state index in [1.54, 1.807) is 13.2 Å². The van der Waals surface area contributed by atoms with E-state index in [9.17, 15) is 0 Å². The predicted octanol–water partition coefficient (Wildman–Crippen LogP) is 2.60. The topological polar surface area (TPSA) is 54.2 Å². The van der Waals surface area contributed by atoms with Gasteiger partial charge in [0.25, 0.3) is 0 Å². The number of hydrogen-bond donors (Lipinski definition) is 2. The van der Waals surface area contributed by atoms with Crippen molar-refractivity contribution in [2.75, 3.05) is 13.6 Å². The zero-order valence-corrected chi connectivity index (χ0v) is 15.8. The highest BCUT2D eigenvalue weighted by Crippen LogP contribution is 2.09. The van der Waals surface area contributed by atoms with Crippen molar-refractivity contribution in [3.05, 3.63) is 52.8 Å². The van der Waals surface area contributed by atoms with Crippen LogP contribution in [0.1, 0.15) is 11.3 Å². The van der Waals surface area contributed by atoms with Gasteiger partial charge in [0, 0.05) is 31.9 Å². The molecule has 0 spiro atoms. The van der Waals surface area contributed by atoms with E-state index in [1.165, 1.54) is 5.56 Å². The normalized spacial score (nSPS) is 11.0. The van der Waals surface area contributed by atoms with E-state index < -0.39 is 0 Å². The maximum Gasteiger partial charge on any atom is 0.191 e. The molecule has 1 heterocycles. The molecule has 0 unspecified atom stereocenters. The first-order valence-corrected chi connectivity index (χ1v) is 7.22. The lowest BCUT2D eigenvalue weighted by Crippen LogP contribution is -2.38. The van der Waals surface area contributed by atoms with Crippen molar-refractivity contribution in [1.29, 1.82) is 0 Å². The van der Waals surface area contributed by atoms with Crippen LogP contribution in [-0.2, 0) is 20.0 Å². The van der Waals surface area contributed by atoms with Crippen LogP contribution < -0.4 is 10.6 Å². The zero-order chi connectivity index (χ0) is 15.1. The number of hydrogen-bond acceptors (Lipinski definition) is 2. The molecule has 0 aliphatic heterocycles. The van der Waals surface area contributed by atoms with E-state index >= 15 is 0 Å². The molecule has 1 aromatic heterocycles. The molecule has 0 bridgehead atoms. The van der Waals surface area contributed by atoms with E-state index in [1.807, 2.05) is 42.1 Å². The molecule has 7 heteroatoms. The summed E-state index contributed by atoms with van der Waals surface area (Å²) >= 11 is 5.87. The average molecular weight is 434 g/mol. The monoisotopic (exact) mass is 433 g/mol. The van der Waals surface area contributed by atoms with Crippen LogP contribution in [0.3, 0.4) is 0 Å². The molecule has 120 valence electrons. The molecular formula is C15H21ClIN5. The van der Waals surface area contributed by atoms with Crippen LogP contribution in [-0.4, -0.2) is 29.3 Å². The van der Waals surface area contributed by atoms with Gasteiger partial charge in [-0.05, 0) is 30.2 Å². The first kappa shape index (κ1) is 18.8. The number of aliphatic imine (C=N–C) groups is 1. The molecule has 0 amide bonds. The van der Waals surface area contributed by atoms with Gasteiger partial charge >= 0.3 is 0 Å². The Kier molecular flexibility index (Phi) is 8.26. The molecule has 0 saturated heterocycles. The van der Waals surface area contributed by atoms with Gasteiger partial charge in [0.2, 0.25) is 0 Å². The van der Waals surface area contributed by atoms with Gasteiger partial charge in [-0.15, -0.1) is 24.0 Å². The van der Waals surface area contributed by atoms with Crippen molar-refractivity contribution in [2.24, 2.45) is 12.0 Å². The lowest BCUT2D eigenvalue weighted by molar-refractivity contribution is 0.684. The molecule has 0 fully saturated rings. The molecule has 0 saturated carbocycles. The Balaban J connectivity index is 0.00000242. The van der Waals surface area contributed by atoms with Gasteiger partial charge in [-0.2, -0.15) is 5.10 Å². The summed E-state index contributed by atoms with van der Waals surface area (Å²) in [4.78, 5) is 4.21. The average Bonchev–Trinajstić information content (AvgIpc) is 2.90. The number of rotatable bonds is 5. The quantitative estimate of drug-likeness (QED) is 0.433. The molecule has 5 nitrogen and oxygen atoms in total. The predicted molar refractivity (Wildman–Crippen MR) is 102 cm³/mol. The minimum atomic E-state index is 0. The van der Waals surface area contributed by atoms with Gasteiger partial charge in [-0.1, -0.05) is 23.7 Å².